The molecule has 13 heteroatoms. The van der Waals surface area contributed by atoms with E-state index >= 15 is 8.78 Å². The van der Waals surface area contributed by atoms with Crippen LogP contribution < -0.4 is 9.64 Å². The lowest BCUT2D eigenvalue weighted by Crippen LogP contribution is -2.62. The Morgan fingerprint density at radius 1 is 0.968 bits per heavy atom. The number of benzene rings is 2. The van der Waals surface area contributed by atoms with E-state index in [0.717, 1.165) is 37.6 Å². The Morgan fingerprint density at radius 2 is 1.71 bits per heavy atom. The first-order valence-corrected chi connectivity index (χ1v) is 25.5. The second-order valence-electron chi connectivity index (χ2n) is 21.1. The Kier molecular flexibility index (Phi) is 11.1. The standard InChI is InChI=1S/C50H63F3N6O3Si/c1-28(2)63(29(3)4,30(5)6)22-19-35-37(52)17-15-32-13-11-14-36(40(32)35)44-42(53)45-41-43(54-44)31(7)23-39-38-18-16-34(59(38)48(60)62-49(8,9)10)26-58(39)46(41)56-47(55-45)61-27-50-20-12-21-57(50)25-33(51)24-50/h11,13-15,17,28-31,33-34,38-39H,12,16,18,20-21,23-27H2,1-10H3/t31-,33-,34-,38+,39-,50+/m1/s1. The van der Waals surface area contributed by atoms with Gasteiger partial charge in [0.15, 0.2) is 5.82 Å². The van der Waals surface area contributed by atoms with Crippen molar-refractivity contribution in [2.45, 2.75) is 166 Å². The van der Waals surface area contributed by atoms with Gasteiger partial charge < -0.3 is 14.4 Å². The van der Waals surface area contributed by atoms with Crippen LogP contribution in [-0.4, -0.2) is 101 Å². The highest BCUT2D eigenvalue weighted by Crippen LogP contribution is 2.49. The van der Waals surface area contributed by atoms with Crippen LogP contribution in [0.25, 0.3) is 32.9 Å². The Labute approximate surface area is 371 Å². The highest BCUT2D eigenvalue weighted by molar-refractivity contribution is 6.90. The Hall–Kier alpha value is -4.41. The fourth-order valence-electron chi connectivity index (χ4n) is 12.5. The maximum Gasteiger partial charge on any atom is 0.410 e. The van der Waals surface area contributed by atoms with Crippen LogP contribution in [0, 0.1) is 23.1 Å². The highest BCUT2D eigenvalue weighted by atomic mass is 28.3. The molecule has 0 aliphatic carbocycles. The number of hydrogen-bond acceptors (Lipinski definition) is 8. The van der Waals surface area contributed by atoms with E-state index in [9.17, 15) is 9.18 Å². The Balaban J connectivity index is 1.23. The van der Waals surface area contributed by atoms with Crippen molar-refractivity contribution in [3.63, 3.8) is 0 Å². The summed E-state index contributed by atoms with van der Waals surface area (Å²) < 4.78 is 61.8. The highest BCUT2D eigenvalue weighted by Gasteiger charge is 2.53. The molecule has 5 aliphatic heterocycles. The van der Waals surface area contributed by atoms with E-state index in [4.69, 9.17) is 24.4 Å². The summed E-state index contributed by atoms with van der Waals surface area (Å²) in [5.74, 6) is 2.59. The first-order valence-electron chi connectivity index (χ1n) is 23.3. The number of halogens is 3. The topological polar surface area (TPSA) is 83.9 Å². The molecule has 2 aromatic carbocycles. The molecule has 6 atom stereocenters. The lowest BCUT2D eigenvalue weighted by molar-refractivity contribution is 0.00691. The number of rotatable bonds is 7. The van der Waals surface area contributed by atoms with Crippen molar-refractivity contribution in [2.75, 3.05) is 31.1 Å². The van der Waals surface area contributed by atoms with E-state index in [-0.39, 0.29) is 59.5 Å². The van der Waals surface area contributed by atoms with Gasteiger partial charge in [0.05, 0.1) is 40.3 Å². The molecule has 9 nitrogen and oxygen atoms in total. The third kappa shape index (κ3) is 7.26. The van der Waals surface area contributed by atoms with Gasteiger partial charge in [-0.1, -0.05) is 78.7 Å². The van der Waals surface area contributed by atoms with Crippen molar-refractivity contribution in [3.8, 4) is 28.7 Å². The van der Waals surface area contributed by atoms with Gasteiger partial charge in [-0.15, -0.1) is 5.54 Å². The summed E-state index contributed by atoms with van der Waals surface area (Å²) in [6.45, 7) is 22.9. The maximum absolute atomic E-state index is 18.0. The number of alkyl halides is 1. The second kappa shape index (κ2) is 15.9. The number of pyridine rings is 1. The Bertz CT molecular complexity index is 2510. The molecule has 4 fully saturated rings. The van der Waals surface area contributed by atoms with E-state index in [1.54, 1.807) is 12.1 Å². The molecule has 0 unspecified atom stereocenters. The minimum Gasteiger partial charge on any atom is -0.461 e. The van der Waals surface area contributed by atoms with Gasteiger partial charge in [-0.3, -0.25) is 9.80 Å². The van der Waals surface area contributed by atoms with Crippen LogP contribution in [0.1, 0.15) is 125 Å². The molecular formula is C50H63F3N6O3Si. The van der Waals surface area contributed by atoms with E-state index < -0.39 is 37.0 Å². The number of fused-ring (bicyclic) bond motifs is 7. The lowest BCUT2D eigenvalue weighted by Gasteiger charge is -2.47. The van der Waals surface area contributed by atoms with Gasteiger partial charge in [-0.05, 0) is 87.5 Å². The van der Waals surface area contributed by atoms with Crippen molar-refractivity contribution in [3.05, 3.63) is 53.2 Å². The van der Waals surface area contributed by atoms with Gasteiger partial charge in [0.25, 0.3) is 0 Å². The van der Waals surface area contributed by atoms with Crippen LogP contribution in [0.2, 0.25) is 16.6 Å². The molecule has 0 saturated carbocycles. The predicted octanol–water partition coefficient (Wildman–Crippen LogP) is 11.1. The molecule has 5 aliphatic rings. The van der Waals surface area contributed by atoms with Gasteiger partial charge >= 0.3 is 12.1 Å². The first-order chi connectivity index (χ1) is 29.8. The van der Waals surface area contributed by atoms with E-state index in [1.165, 1.54) is 6.07 Å². The van der Waals surface area contributed by atoms with Crippen LogP contribution in [0.15, 0.2) is 30.3 Å². The molecule has 9 rings (SSSR count). The SMILES string of the molecule is CC(C)[Si](C#Cc1c(F)ccc2cccc(-c3nc4c5c(nc(OC[C@@]67CCCN6C[C@H](F)C7)nc5c3F)N3C[C@H]5CC[C@@H]([C@H]3C[C@H]4C)N5C(=O)OC(C)(C)C)c12)(C(C)C)C(C)C. The van der Waals surface area contributed by atoms with Crippen molar-refractivity contribution in [2.24, 2.45) is 0 Å². The zero-order valence-corrected chi connectivity index (χ0v) is 39.6. The molecule has 336 valence electrons. The van der Waals surface area contributed by atoms with Crippen LogP contribution in [0.3, 0.4) is 0 Å². The fourth-order valence-corrected chi connectivity index (χ4v) is 17.7. The molecule has 4 aromatic rings. The summed E-state index contributed by atoms with van der Waals surface area (Å²) in [5, 5.41) is 1.76. The number of hydrogen-bond donors (Lipinski definition) is 0. The number of anilines is 1. The van der Waals surface area contributed by atoms with E-state index in [2.05, 4.69) is 69.7 Å². The smallest absolute Gasteiger partial charge is 0.410 e. The van der Waals surface area contributed by atoms with Crippen molar-refractivity contribution in [1.29, 1.82) is 0 Å². The lowest BCUT2D eigenvalue weighted by atomic mass is 9.91. The van der Waals surface area contributed by atoms with Gasteiger partial charge in [-0.25, -0.2) is 22.9 Å². The Morgan fingerprint density at radius 3 is 2.43 bits per heavy atom. The largest absolute Gasteiger partial charge is 0.461 e. The quantitative estimate of drug-likeness (QED) is 0.134. The zero-order valence-electron chi connectivity index (χ0n) is 38.6. The number of carbonyl (C=O) groups excluding carboxylic acids is 1. The van der Waals surface area contributed by atoms with Gasteiger partial charge in [-0.2, -0.15) is 9.97 Å². The van der Waals surface area contributed by atoms with Crippen molar-refractivity contribution < 1.29 is 27.4 Å². The molecule has 0 N–H and O–H groups in total. The molecule has 4 saturated heterocycles. The minimum atomic E-state index is -2.28. The summed E-state index contributed by atoms with van der Waals surface area (Å²) >= 11 is 0. The van der Waals surface area contributed by atoms with Gasteiger partial charge in [0, 0.05) is 36.4 Å². The molecular weight excluding hydrogens is 818 g/mol. The van der Waals surface area contributed by atoms with Crippen LogP contribution >= 0.6 is 0 Å². The summed E-state index contributed by atoms with van der Waals surface area (Å²) in [4.78, 5) is 35.4. The summed E-state index contributed by atoms with van der Waals surface area (Å²) in [6, 6.07) is 8.28. The van der Waals surface area contributed by atoms with Gasteiger partial charge in [0.1, 0.15) is 49.3 Å². The number of aromatic nitrogens is 3. The van der Waals surface area contributed by atoms with Crippen LogP contribution in [-0.2, 0) is 4.74 Å². The zero-order chi connectivity index (χ0) is 44.9. The van der Waals surface area contributed by atoms with E-state index in [1.807, 2.05) is 37.8 Å². The monoisotopic (exact) mass is 880 g/mol. The molecule has 0 spiro atoms. The third-order valence-electron chi connectivity index (χ3n) is 15.3. The molecule has 2 bridgehead atoms. The van der Waals surface area contributed by atoms with E-state index in [0.29, 0.717) is 70.4 Å². The second-order valence-corrected chi connectivity index (χ2v) is 26.7. The average molecular weight is 881 g/mol. The van der Waals surface area contributed by atoms with Crippen LogP contribution in [0.4, 0.5) is 23.8 Å². The van der Waals surface area contributed by atoms with Gasteiger partial charge in [0.2, 0.25) is 0 Å². The number of amides is 1. The summed E-state index contributed by atoms with van der Waals surface area (Å²) in [6.07, 6.45) is 3.06. The summed E-state index contributed by atoms with van der Waals surface area (Å²) in [7, 11) is -2.28. The normalized spacial score (nSPS) is 25.8. The average Bonchev–Trinajstić information content (AvgIpc) is 3.83. The maximum atomic E-state index is 18.0. The molecule has 63 heavy (non-hydrogen) atoms. The minimum absolute atomic E-state index is 0.0196. The van der Waals surface area contributed by atoms with Crippen molar-refractivity contribution in [1.82, 2.24) is 24.8 Å². The fraction of sp³-hybridized carbons (Fsp3) is 0.600. The molecule has 7 heterocycles. The predicted molar refractivity (Wildman–Crippen MR) is 246 cm³/mol. The number of carbonyl (C=O) groups is 1. The van der Waals surface area contributed by atoms with Crippen molar-refractivity contribution >= 4 is 41.7 Å². The number of piperazine rings is 1. The van der Waals surface area contributed by atoms with Crippen LogP contribution in [0.5, 0.6) is 6.01 Å². The number of ether oxygens (including phenoxy) is 2. The number of nitrogens with zero attached hydrogens (tertiary/aromatic N) is 6. The molecule has 1 amide bonds. The molecule has 0 radical (unpaired) electrons. The first kappa shape index (κ1) is 43.8. The third-order valence-corrected chi connectivity index (χ3v) is 21.6. The molecule has 2 aromatic heterocycles. The summed E-state index contributed by atoms with van der Waals surface area (Å²) in [5.41, 5.74) is 5.04.